The lowest BCUT2D eigenvalue weighted by molar-refractivity contribution is -0.137. The molecule has 1 N–H and O–H groups in total. The molecule has 0 aliphatic rings. The van der Waals surface area contributed by atoms with Crippen LogP contribution in [0.15, 0.2) is 36.5 Å². The number of carboxylic acid groups (broad SMARTS) is 1. The Bertz CT molecular complexity index is 461. The van der Waals surface area contributed by atoms with Gasteiger partial charge in [0.1, 0.15) is 0 Å². The maximum absolute atomic E-state index is 10.4. The Kier molecular flexibility index (Phi) is 26.6. The van der Waals surface area contributed by atoms with Crippen LogP contribution in [0.2, 0.25) is 0 Å². The van der Waals surface area contributed by atoms with E-state index in [1.807, 2.05) is 0 Å². The maximum atomic E-state index is 10.4. The Morgan fingerprint density at radius 1 is 0.469 bits per heavy atom. The molecule has 0 saturated carbocycles. The van der Waals surface area contributed by atoms with Crippen molar-refractivity contribution >= 4 is 5.97 Å². The topological polar surface area (TPSA) is 37.3 Å². The molecule has 2 heteroatoms. The van der Waals surface area contributed by atoms with Gasteiger partial charge in [-0.1, -0.05) is 114 Å². The Labute approximate surface area is 200 Å². The average Bonchev–Trinajstić information content (AvgIpc) is 2.78. The van der Waals surface area contributed by atoms with Gasteiger partial charge in [0, 0.05) is 6.42 Å². The molecule has 2 nitrogen and oxygen atoms in total. The van der Waals surface area contributed by atoms with E-state index in [-0.39, 0.29) is 6.42 Å². The van der Waals surface area contributed by atoms with Gasteiger partial charge in [0.2, 0.25) is 0 Å². The molecule has 0 atom stereocenters. The zero-order valence-corrected chi connectivity index (χ0v) is 21.4. The van der Waals surface area contributed by atoms with Gasteiger partial charge in [-0.2, -0.15) is 0 Å². The predicted octanol–water partition coefficient (Wildman–Crippen LogP) is 10.3. The highest BCUT2D eigenvalue weighted by atomic mass is 16.4. The Balaban J connectivity index is 3.18. The zero-order valence-electron chi connectivity index (χ0n) is 21.4. The number of carbonyl (C=O) groups is 1. The second-order valence-electron chi connectivity index (χ2n) is 9.24. The molecule has 0 aliphatic heterocycles. The van der Waals surface area contributed by atoms with Gasteiger partial charge < -0.3 is 5.11 Å². The second kappa shape index (κ2) is 27.7. The van der Waals surface area contributed by atoms with Crippen molar-refractivity contribution in [1.29, 1.82) is 0 Å². The van der Waals surface area contributed by atoms with Crippen LogP contribution in [0.25, 0.3) is 0 Å². The van der Waals surface area contributed by atoms with Gasteiger partial charge >= 0.3 is 5.97 Å². The highest BCUT2D eigenvalue weighted by Crippen LogP contribution is 2.12. The SMILES string of the molecule is CCCCCCCCC=CCCCCCCCCCCC=CCCC=CCCCC(=O)O. The third-order valence-corrected chi connectivity index (χ3v) is 5.98. The summed E-state index contributed by atoms with van der Waals surface area (Å²) in [6, 6.07) is 0. The molecule has 32 heavy (non-hydrogen) atoms. The molecular weight excluding hydrogens is 392 g/mol. The molecule has 0 aromatic carbocycles. The standard InChI is InChI=1S/C30H54O2/c1-2-3-4-5-6-7-8-9-10-11-12-13-14-15-16-17-18-19-20-21-22-23-24-25-26-27-28-29-30(31)32/h9-10,21-22,25-26H,2-8,11-20,23-24,27-29H2,1H3,(H,31,32). The van der Waals surface area contributed by atoms with Gasteiger partial charge in [-0.3, -0.25) is 4.79 Å². The van der Waals surface area contributed by atoms with Crippen molar-refractivity contribution < 1.29 is 9.90 Å². The van der Waals surface area contributed by atoms with E-state index in [0.717, 1.165) is 25.7 Å². The molecule has 0 unspecified atom stereocenters. The first-order valence-electron chi connectivity index (χ1n) is 13.9. The molecule has 0 aromatic rings. The summed E-state index contributed by atoms with van der Waals surface area (Å²) in [5, 5.41) is 8.57. The summed E-state index contributed by atoms with van der Waals surface area (Å²) in [7, 11) is 0. The smallest absolute Gasteiger partial charge is 0.303 e. The molecular formula is C30H54O2. The highest BCUT2D eigenvalue weighted by molar-refractivity contribution is 5.66. The number of unbranched alkanes of at least 4 members (excludes halogenated alkanes) is 17. The predicted molar refractivity (Wildman–Crippen MR) is 142 cm³/mol. The van der Waals surface area contributed by atoms with Gasteiger partial charge in [-0.05, 0) is 64.2 Å². The van der Waals surface area contributed by atoms with Crippen LogP contribution >= 0.6 is 0 Å². The summed E-state index contributed by atoms with van der Waals surface area (Å²) >= 11 is 0. The number of carboxylic acids is 1. The molecule has 0 heterocycles. The van der Waals surface area contributed by atoms with E-state index in [9.17, 15) is 4.79 Å². The molecule has 0 amide bonds. The van der Waals surface area contributed by atoms with Crippen LogP contribution in [0.3, 0.4) is 0 Å². The van der Waals surface area contributed by atoms with Gasteiger partial charge in [0.05, 0.1) is 0 Å². The Hall–Kier alpha value is -1.31. The molecule has 0 bridgehead atoms. The third kappa shape index (κ3) is 28.7. The molecule has 0 saturated heterocycles. The van der Waals surface area contributed by atoms with Crippen molar-refractivity contribution in [2.75, 3.05) is 0 Å². The molecule has 0 spiro atoms. The van der Waals surface area contributed by atoms with Gasteiger partial charge in [-0.15, -0.1) is 0 Å². The molecule has 0 rings (SSSR count). The fraction of sp³-hybridized carbons (Fsp3) is 0.767. The number of aliphatic carboxylic acids is 1. The van der Waals surface area contributed by atoms with Crippen molar-refractivity contribution in [3.63, 3.8) is 0 Å². The largest absolute Gasteiger partial charge is 0.481 e. The molecule has 0 fully saturated rings. The maximum Gasteiger partial charge on any atom is 0.303 e. The fourth-order valence-corrected chi connectivity index (χ4v) is 3.90. The second-order valence-corrected chi connectivity index (χ2v) is 9.24. The normalized spacial score (nSPS) is 12.0. The van der Waals surface area contributed by atoms with Crippen molar-refractivity contribution in [3.8, 4) is 0 Å². The van der Waals surface area contributed by atoms with Crippen LogP contribution in [0.5, 0.6) is 0 Å². The van der Waals surface area contributed by atoms with E-state index < -0.39 is 5.97 Å². The lowest BCUT2D eigenvalue weighted by atomic mass is 10.1. The first-order valence-corrected chi connectivity index (χ1v) is 13.9. The van der Waals surface area contributed by atoms with Crippen molar-refractivity contribution in [2.45, 2.75) is 148 Å². The van der Waals surface area contributed by atoms with Crippen LogP contribution in [0.1, 0.15) is 148 Å². The quantitative estimate of drug-likeness (QED) is 0.112. The van der Waals surface area contributed by atoms with Crippen molar-refractivity contribution in [3.05, 3.63) is 36.5 Å². The van der Waals surface area contributed by atoms with Gasteiger partial charge in [-0.25, -0.2) is 0 Å². The number of hydrogen-bond donors (Lipinski definition) is 1. The summed E-state index contributed by atoms with van der Waals surface area (Å²) in [5.41, 5.74) is 0. The number of rotatable bonds is 25. The summed E-state index contributed by atoms with van der Waals surface area (Å²) < 4.78 is 0. The van der Waals surface area contributed by atoms with Crippen LogP contribution in [-0.2, 0) is 4.79 Å². The van der Waals surface area contributed by atoms with Crippen molar-refractivity contribution in [1.82, 2.24) is 0 Å². The Morgan fingerprint density at radius 2 is 0.781 bits per heavy atom. The van der Waals surface area contributed by atoms with E-state index in [2.05, 4.69) is 43.4 Å². The van der Waals surface area contributed by atoms with E-state index in [0.29, 0.717) is 0 Å². The van der Waals surface area contributed by atoms with Gasteiger partial charge in [0.15, 0.2) is 0 Å². The fourth-order valence-electron chi connectivity index (χ4n) is 3.90. The summed E-state index contributed by atoms with van der Waals surface area (Å²) in [6.45, 7) is 2.28. The van der Waals surface area contributed by atoms with E-state index in [1.165, 1.54) is 109 Å². The van der Waals surface area contributed by atoms with Crippen LogP contribution in [0.4, 0.5) is 0 Å². The van der Waals surface area contributed by atoms with Gasteiger partial charge in [0.25, 0.3) is 0 Å². The lowest BCUT2D eigenvalue weighted by Crippen LogP contribution is -1.92. The minimum absolute atomic E-state index is 0.279. The average molecular weight is 447 g/mol. The zero-order chi connectivity index (χ0) is 23.4. The summed E-state index contributed by atoms with van der Waals surface area (Å²) in [4.78, 5) is 10.4. The first-order chi connectivity index (χ1) is 15.8. The molecule has 0 aromatic heterocycles. The minimum atomic E-state index is -0.696. The first kappa shape index (κ1) is 30.7. The molecule has 186 valence electrons. The van der Waals surface area contributed by atoms with Crippen LogP contribution in [-0.4, -0.2) is 11.1 Å². The third-order valence-electron chi connectivity index (χ3n) is 5.98. The van der Waals surface area contributed by atoms with E-state index >= 15 is 0 Å². The Morgan fingerprint density at radius 3 is 1.16 bits per heavy atom. The van der Waals surface area contributed by atoms with E-state index in [1.54, 1.807) is 0 Å². The molecule has 0 aliphatic carbocycles. The number of allylic oxidation sites excluding steroid dienone is 6. The van der Waals surface area contributed by atoms with Crippen LogP contribution in [0, 0.1) is 0 Å². The highest BCUT2D eigenvalue weighted by Gasteiger charge is 1.93. The number of hydrogen-bond acceptors (Lipinski definition) is 1. The minimum Gasteiger partial charge on any atom is -0.481 e. The van der Waals surface area contributed by atoms with Crippen LogP contribution < -0.4 is 0 Å². The summed E-state index contributed by atoms with van der Waals surface area (Å²) in [6.07, 6.45) is 41.1. The van der Waals surface area contributed by atoms with E-state index in [4.69, 9.17) is 5.11 Å². The summed E-state index contributed by atoms with van der Waals surface area (Å²) in [5.74, 6) is -0.696. The lowest BCUT2D eigenvalue weighted by Gasteiger charge is -2.01. The molecule has 0 radical (unpaired) electrons. The van der Waals surface area contributed by atoms with Crippen molar-refractivity contribution in [2.24, 2.45) is 0 Å². The monoisotopic (exact) mass is 446 g/mol.